The van der Waals surface area contributed by atoms with E-state index in [0.717, 1.165) is 6.42 Å². The van der Waals surface area contributed by atoms with E-state index in [1.165, 1.54) is 28.3 Å². The van der Waals surface area contributed by atoms with Gasteiger partial charge in [-0.25, -0.2) is 0 Å². The van der Waals surface area contributed by atoms with Crippen LogP contribution < -0.4 is 0 Å². The SMILES string of the molecule is CCC(C)C1=CCc2cc3ccccc3cc21. The van der Waals surface area contributed by atoms with Crippen LogP contribution in [0.3, 0.4) is 0 Å². The van der Waals surface area contributed by atoms with Crippen molar-refractivity contribution in [1.82, 2.24) is 0 Å². The van der Waals surface area contributed by atoms with Gasteiger partial charge in [0.05, 0.1) is 0 Å². The van der Waals surface area contributed by atoms with Crippen LogP contribution >= 0.6 is 0 Å². The van der Waals surface area contributed by atoms with E-state index in [-0.39, 0.29) is 0 Å². The third-order valence-corrected chi connectivity index (χ3v) is 3.97. The molecule has 2 aromatic carbocycles. The Labute approximate surface area is 103 Å². The van der Waals surface area contributed by atoms with Crippen LogP contribution in [0.25, 0.3) is 16.3 Å². The van der Waals surface area contributed by atoms with Gasteiger partial charge in [-0.3, -0.25) is 0 Å². The van der Waals surface area contributed by atoms with E-state index in [4.69, 9.17) is 0 Å². The number of rotatable bonds is 2. The van der Waals surface area contributed by atoms with Gasteiger partial charge < -0.3 is 0 Å². The van der Waals surface area contributed by atoms with Crippen LogP contribution in [0.5, 0.6) is 0 Å². The Morgan fingerprint density at radius 1 is 1.12 bits per heavy atom. The number of hydrogen-bond acceptors (Lipinski definition) is 0. The van der Waals surface area contributed by atoms with Gasteiger partial charge in [-0.15, -0.1) is 0 Å². The van der Waals surface area contributed by atoms with Crippen molar-refractivity contribution in [2.24, 2.45) is 5.92 Å². The molecule has 2 aromatic rings. The van der Waals surface area contributed by atoms with E-state index < -0.39 is 0 Å². The van der Waals surface area contributed by atoms with Crippen LogP contribution in [-0.2, 0) is 6.42 Å². The van der Waals surface area contributed by atoms with Crippen molar-refractivity contribution in [2.45, 2.75) is 26.7 Å². The Balaban J connectivity index is 2.15. The monoisotopic (exact) mass is 222 g/mol. The molecular formula is C17H18. The number of allylic oxidation sites excluding steroid dienone is 2. The van der Waals surface area contributed by atoms with E-state index in [1.807, 2.05) is 0 Å². The number of fused-ring (bicyclic) bond motifs is 2. The van der Waals surface area contributed by atoms with Gasteiger partial charge in [-0.1, -0.05) is 50.3 Å². The van der Waals surface area contributed by atoms with Gasteiger partial charge in [0.2, 0.25) is 0 Å². The molecular weight excluding hydrogens is 204 g/mol. The molecule has 0 radical (unpaired) electrons. The quantitative estimate of drug-likeness (QED) is 0.683. The van der Waals surface area contributed by atoms with Crippen LogP contribution in [-0.4, -0.2) is 0 Å². The van der Waals surface area contributed by atoms with Crippen LogP contribution in [0.15, 0.2) is 42.5 Å². The van der Waals surface area contributed by atoms with E-state index in [1.54, 1.807) is 5.57 Å². The van der Waals surface area contributed by atoms with Gasteiger partial charge in [-0.2, -0.15) is 0 Å². The predicted molar refractivity (Wildman–Crippen MR) is 75.1 cm³/mol. The summed E-state index contributed by atoms with van der Waals surface area (Å²) in [5, 5.41) is 2.73. The molecule has 1 atom stereocenters. The molecule has 0 bridgehead atoms. The lowest BCUT2D eigenvalue weighted by Gasteiger charge is -2.13. The highest BCUT2D eigenvalue weighted by Gasteiger charge is 2.18. The molecule has 17 heavy (non-hydrogen) atoms. The van der Waals surface area contributed by atoms with E-state index in [2.05, 4.69) is 56.3 Å². The standard InChI is InChI=1S/C17H18/c1-3-12(2)16-9-8-15-10-13-6-4-5-7-14(13)11-17(15)16/h4-7,9-12H,3,8H2,1-2H3. The van der Waals surface area contributed by atoms with Crippen LogP contribution in [0.1, 0.15) is 31.4 Å². The first kappa shape index (κ1) is 10.6. The number of hydrogen-bond donors (Lipinski definition) is 0. The van der Waals surface area contributed by atoms with Crippen molar-refractivity contribution in [3.63, 3.8) is 0 Å². The smallest absolute Gasteiger partial charge is 0.00850 e. The van der Waals surface area contributed by atoms with Gasteiger partial charge in [-0.05, 0) is 52.3 Å². The molecule has 0 saturated carbocycles. The third-order valence-electron chi connectivity index (χ3n) is 3.97. The Kier molecular flexibility index (Phi) is 2.51. The Morgan fingerprint density at radius 3 is 2.53 bits per heavy atom. The van der Waals surface area contributed by atoms with Crippen LogP contribution in [0.4, 0.5) is 0 Å². The Hall–Kier alpha value is -1.56. The first-order chi connectivity index (χ1) is 8.29. The summed E-state index contributed by atoms with van der Waals surface area (Å²) in [5.41, 5.74) is 4.53. The van der Waals surface area contributed by atoms with Gasteiger partial charge in [0.1, 0.15) is 0 Å². The summed E-state index contributed by atoms with van der Waals surface area (Å²) >= 11 is 0. The summed E-state index contributed by atoms with van der Waals surface area (Å²) < 4.78 is 0. The summed E-state index contributed by atoms with van der Waals surface area (Å²) in [7, 11) is 0. The molecule has 0 heterocycles. The molecule has 1 aliphatic carbocycles. The molecule has 0 saturated heterocycles. The lowest BCUT2D eigenvalue weighted by molar-refractivity contribution is 0.719. The molecule has 1 aliphatic rings. The van der Waals surface area contributed by atoms with Crippen molar-refractivity contribution < 1.29 is 0 Å². The maximum atomic E-state index is 2.41. The maximum absolute atomic E-state index is 2.41. The van der Waals surface area contributed by atoms with Crippen molar-refractivity contribution in [2.75, 3.05) is 0 Å². The van der Waals surface area contributed by atoms with E-state index in [0.29, 0.717) is 5.92 Å². The fourth-order valence-electron chi connectivity index (χ4n) is 2.74. The second-order valence-electron chi connectivity index (χ2n) is 5.03. The molecule has 0 nitrogen and oxygen atoms in total. The summed E-state index contributed by atoms with van der Waals surface area (Å²) in [6, 6.07) is 13.4. The van der Waals surface area contributed by atoms with Gasteiger partial charge in [0.15, 0.2) is 0 Å². The average molecular weight is 222 g/mol. The molecule has 86 valence electrons. The highest BCUT2D eigenvalue weighted by atomic mass is 14.2. The summed E-state index contributed by atoms with van der Waals surface area (Å²) in [5.74, 6) is 0.678. The zero-order valence-corrected chi connectivity index (χ0v) is 10.5. The second-order valence-corrected chi connectivity index (χ2v) is 5.03. The fourth-order valence-corrected chi connectivity index (χ4v) is 2.74. The van der Waals surface area contributed by atoms with Crippen LogP contribution in [0, 0.1) is 5.92 Å². The van der Waals surface area contributed by atoms with Crippen molar-refractivity contribution in [3.05, 3.63) is 53.6 Å². The summed E-state index contributed by atoms with van der Waals surface area (Å²) in [4.78, 5) is 0. The molecule has 0 fully saturated rings. The molecule has 3 rings (SSSR count). The Morgan fingerprint density at radius 2 is 1.82 bits per heavy atom. The molecule has 0 spiro atoms. The van der Waals surface area contributed by atoms with Crippen molar-refractivity contribution >= 4 is 16.3 Å². The predicted octanol–water partition coefficient (Wildman–Crippen LogP) is 4.83. The Bertz CT molecular complexity index is 590. The van der Waals surface area contributed by atoms with E-state index >= 15 is 0 Å². The molecule has 1 unspecified atom stereocenters. The zero-order valence-electron chi connectivity index (χ0n) is 10.5. The third kappa shape index (κ3) is 1.68. The minimum absolute atomic E-state index is 0.678. The molecule has 0 aromatic heterocycles. The maximum Gasteiger partial charge on any atom is -0.00850 e. The van der Waals surface area contributed by atoms with E-state index in [9.17, 15) is 0 Å². The molecule has 0 heteroatoms. The first-order valence-corrected chi connectivity index (χ1v) is 6.51. The zero-order chi connectivity index (χ0) is 11.8. The molecule has 0 aliphatic heterocycles. The van der Waals surface area contributed by atoms with Gasteiger partial charge in [0.25, 0.3) is 0 Å². The lowest BCUT2D eigenvalue weighted by atomic mass is 9.92. The number of benzene rings is 2. The van der Waals surface area contributed by atoms with Gasteiger partial charge >= 0.3 is 0 Å². The second kappa shape index (κ2) is 4.03. The minimum Gasteiger partial charge on any atom is -0.0760 e. The minimum atomic E-state index is 0.678. The summed E-state index contributed by atoms with van der Waals surface area (Å²) in [6.07, 6.45) is 4.75. The van der Waals surface area contributed by atoms with Crippen molar-refractivity contribution in [3.8, 4) is 0 Å². The van der Waals surface area contributed by atoms with Crippen LogP contribution in [0.2, 0.25) is 0 Å². The van der Waals surface area contributed by atoms with Crippen molar-refractivity contribution in [1.29, 1.82) is 0 Å². The average Bonchev–Trinajstić information content (AvgIpc) is 2.78. The highest BCUT2D eigenvalue weighted by molar-refractivity contribution is 5.89. The normalized spacial score (nSPS) is 15.8. The molecule has 0 N–H and O–H groups in total. The fraction of sp³-hybridized carbons (Fsp3) is 0.294. The lowest BCUT2D eigenvalue weighted by Crippen LogP contribution is -1.95. The van der Waals surface area contributed by atoms with Gasteiger partial charge in [0, 0.05) is 0 Å². The largest absolute Gasteiger partial charge is 0.0760 e. The molecule has 0 amide bonds. The summed E-state index contributed by atoms with van der Waals surface area (Å²) in [6.45, 7) is 4.60. The highest BCUT2D eigenvalue weighted by Crippen LogP contribution is 2.36. The first-order valence-electron chi connectivity index (χ1n) is 6.51. The topological polar surface area (TPSA) is 0 Å².